The van der Waals surface area contributed by atoms with Gasteiger partial charge in [-0.25, -0.2) is 9.69 Å². The fraction of sp³-hybridized carbons (Fsp3) is 0.115. The largest absolute Gasteiger partial charge is 0.423 e. The first kappa shape index (κ1) is 23.5. The lowest BCUT2D eigenvalue weighted by Gasteiger charge is -2.18. The van der Waals surface area contributed by atoms with E-state index in [0.29, 0.717) is 27.7 Å². The van der Waals surface area contributed by atoms with Crippen LogP contribution in [0.3, 0.4) is 0 Å². The fourth-order valence-electron chi connectivity index (χ4n) is 3.53. The van der Waals surface area contributed by atoms with Crippen molar-refractivity contribution in [3.63, 3.8) is 0 Å². The number of benzene rings is 3. The van der Waals surface area contributed by atoms with Gasteiger partial charge in [-0.15, -0.1) is 0 Å². The van der Waals surface area contributed by atoms with Gasteiger partial charge < -0.3 is 10.1 Å². The molecule has 0 bridgehead atoms. The standard InChI is InChI=1S/C26H20Cl2N2O4/c1-14-5-4-6-20(16(14)3)30-24(31)22(28)23(25(30)32)29-19-10-7-17(8-11-19)26(33)34-21-12-9-18(27)13-15(21)2/h4-13,29H,1-3H3. The van der Waals surface area contributed by atoms with Crippen LogP contribution in [0.1, 0.15) is 27.0 Å². The van der Waals surface area contributed by atoms with Crippen LogP contribution in [0, 0.1) is 20.8 Å². The zero-order valence-corrected chi connectivity index (χ0v) is 20.1. The van der Waals surface area contributed by atoms with Crippen LogP contribution in [-0.2, 0) is 9.59 Å². The molecule has 1 aliphatic heterocycles. The van der Waals surface area contributed by atoms with Crippen LogP contribution in [0.25, 0.3) is 0 Å². The molecule has 8 heteroatoms. The lowest BCUT2D eigenvalue weighted by Crippen LogP contribution is -2.33. The zero-order chi connectivity index (χ0) is 24.6. The van der Waals surface area contributed by atoms with Gasteiger partial charge in [-0.05, 0) is 86.0 Å². The molecule has 4 rings (SSSR count). The van der Waals surface area contributed by atoms with Crippen LogP contribution < -0.4 is 15.0 Å². The Hall–Kier alpha value is -3.61. The molecule has 0 unspecified atom stereocenters. The number of hydrogen-bond donors (Lipinski definition) is 1. The Bertz CT molecular complexity index is 1360. The number of carbonyl (C=O) groups excluding carboxylic acids is 3. The molecule has 3 aromatic rings. The Kier molecular flexibility index (Phi) is 6.46. The molecule has 1 N–H and O–H groups in total. The van der Waals surface area contributed by atoms with E-state index in [2.05, 4.69) is 5.32 Å². The second-order valence-corrected chi connectivity index (χ2v) is 8.67. The molecule has 0 fully saturated rings. The summed E-state index contributed by atoms with van der Waals surface area (Å²) in [6.07, 6.45) is 0. The van der Waals surface area contributed by atoms with Gasteiger partial charge in [-0.3, -0.25) is 9.59 Å². The van der Waals surface area contributed by atoms with Crippen molar-refractivity contribution in [1.29, 1.82) is 0 Å². The Morgan fingerprint density at radius 1 is 0.882 bits per heavy atom. The minimum atomic E-state index is -0.596. The Labute approximate surface area is 206 Å². The minimum absolute atomic E-state index is 0.0281. The maximum Gasteiger partial charge on any atom is 0.343 e. The van der Waals surface area contributed by atoms with E-state index in [1.165, 1.54) is 0 Å². The van der Waals surface area contributed by atoms with Gasteiger partial charge in [-0.2, -0.15) is 0 Å². The van der Waals surface area contributed by atoms with Gasteiger partial charge in [0.25, 0.3) is 11.8 Å². The van der Waals surface area contributed by atoms with Crippen LogP contribution in [0.4, 0.5) is 11.4 Å². The fourth-order valence-corrected chi connectivity index (χ4v) is 3.97. The van der Waals surface area contributed by atoms with Gasteiger partial charge in [0.15, 0.2) is 0 Å². The predicted molar refractivity (Wildman–Crippen MR) is 133 cm³/mol. The maximum absolute atomic E-state index is 13.0. The maximum atomic E-state index is 13.0. The highest BCUT2D eigenvalue weighted by Gasteiger charge is 2.39. The number of aryl methyl sites for hydroxylation is 2. The number of hydrogen-bond acceptors (Lipinski definition) is 5. The van der Waals surface area contributed by atoms with Crippen molar-refractivity contribution in [2.24, 2.45) is 0 Å². The Balaban J connectivity index is 1.50. The highest BCUT2D eigenvalue weighted by Crippen LogP contribution is 2.33. The number of nitrogens with one attached hydrogen (secondary N) is 1. The van der Waals surface area contributed by atoms with Crippen LogP contribution in [0.15, 0.2) is 71.4 Å². The number of halogens is 2. The van der Waals surface area contributed by atoms with Crippen molar-refractivity contribution in [3.05, 3.63) is 98.7 Å². The summed E-state index contributed by atoms with van der Waals surface area (Å²) in [4.78, 5) is 39.4. The smallest absolute Gasteiger partial charge is 0.343 e. The van der Waals surface area contributed by atoms with Crippen molar-refractivity contribution in [3.8, 4) is 5.75 Å². The van der Waals surface area contributed by atoms with Gasteiger partial charge in [0.1, 0.15) is 16.5 Å². The molecule has 1 aliphatic rings. The molecule has 6 nitrogen and oxygen atoms in total. The van der Waals surface area contributed by atoms with Gasteiger partial charge >= 0.3 is 5.97 Å². The summed E-state index contributed by atoms with van der Waals surface area (Å²) in [5, 5.41) is 3.26. The summed E-state index contributed by atoms with van der Waals surface area (Å²) in [6.45, 7) is 5.53. The minimum Gasteiger partial charge on any atom is -0.423 e. The highest BCUT2D eigenvalue weighted by molar-refractivity contribution is 6.53. The average Bonchev–Trinajstić information content (AvgIpc) is 3.01. The van der Waals surface area contributed by atoms with Gasteiger partial charge in [0, 0.05) is 10.7 Å². The first-order chi connectivity index (χ1) is 16.2. The normalized spacial score (nSPS) is 13.5. The van der Waals surface area contributed by atoms with E-state index in [1.54, 1.807) is 61.5 Å². The molecular formula is C26H20Cl2N2O4. The molecule has 1 heterocycles. The number of ether oxygens (including phenoxy) is 1. The van der Waals surface area contributed by atoms with Crippen molar-refractivity contribution in [2.45, 2.75) is 20.8 Å². The first-order valence-corrected chi connectivity index (χ1v) is 11.1. The quantitative estimate of drug-likeness (QED) is 0.270. The molecule has 2 amide bonds. The number of anilines is 2. The molecule has 0 atom stereocenters. The third kappa shape index (κ3) is 4.42. The Morgan fingerprint density at radius 3 is 2.26 bits per heavy atom. The monoisotopic (exact) mass is 494 g/mol. The van der Waals surface area contributed by atoms with E-state index < -0.39 is 17.8 Å². The average molecular weight is 495 g/mol. The highest BCUT2D eigenvalue weighted by atomic mass is 35.5. The lowest BCUT2D eigenvalue weighted by molar-refractivity contribution is -0.120. The number of nitrogens with zero attached hydrogens (tertiary/aromatic N) is 1. The second kappa shape index (κ2) is 9.33. The summed E-state index contributed by atoms with van der Waals surface area (Å²) >= 11 is 12.2. The molecule has 172 valence electrons. The van der Waals surface area contributed by atoms with Gasteiger partial charge in [-0.1, -0.05) is 35.3 Å². The predicted octanol–water partition coefficient (Wildman–Crippen LogP) is 5.92. The summed E-state index contributed by atoms with van der Waals surface area (Å²) in [6, 6.07) is 16.7. The van der Waals surface area contributed by atoms with E-state index in [4.69, 9.17) is 27.9 Å². The third-order valence-electron chi connectivity index (χ3n) is 5.57. The van der Waals surface area contributed by atoms with Crippen molar-refractivity contribution in [2.75, 3.05) is 10.2 Å². The molecule has 0 aromatic heterocycles. The SMILES string of the molecule is Cc1cc(Cl)ccc1OC(=O)c1ccc(NC2=C(Cl)C(=O)N(c3cccc(C)c3C)C2=O)cc1. The molecule has 0 saturated heterocycles. The summed E-state index contributed by atoms with van der Waals surface area (Å²) in [5.74, 6) is -1.27. The summed E-state index contributed by atoms with van der Waals surface area (Å²) in [5.41, 5.74) is 3.75. The molecule has 0 aliphatic carbocycles. The lowest BCUT2D eigenvalue weighted by atomic mass is 10.1. The van der Waals surface area contributed by atoms with Crippen LogP contribution in [0.2, 0.25) is 5.02 Å². The van der Waals surface area contributed by atoms with E-state index >= 15 is 0 Å². The van der Waals surface area contributed by atoms with Crippen LogP contribution >= 0.6 is 23.2 Å². The molecule has 0 radical (unpaired) electrons. The number of imide groups is 1. The second-order valence-electron chi connectivity index (χ2n) is 7.86. The topological polar surface area (TPSA) is 75.7 Å². The molecular weight excluding hydrogens is 475 g/mol. The van der Waals surface area contributed by atoms with Gasteiger partial charge in [0.2, 0.25) is 0 Å². The summed E-state index contributed by atoms with van der Waals surface area (Å²) in [7, 11) is 0. The van der Waals surface area contributed by atoms with Crippen molar-refractivity contribution < 1.29 is 19.1 Å². The van der Waals surface area contributed by atoms with Crippen LogP contribution in [-0.4, -0.2) is 17.8 Å². The molecule has 3 aromatic carbocycles. The number of carbonyl (C=O) groups is 3. The van der Waals surface area contributed by atoms with E-state index in [9.17, 15) is 14.4 Å². The number of rotatable bonds is 5. The number of amides is 2. The molecule has 0 saturated carbocycles. The molecule has 34 heavy (non-hydrogen) atoms. The first-order valence-electron chi connectivity index (χ1n) is 10.4. The van der Waals surface area contributed by atoms with Crippen LogP contribution in [0.5, 0.6) is 5.75 Å². The summed E-state index contributed by atoms with van der Waals surface area (Å²) < 4.78 is 5.44. The zero-order valence-electron chi connectivity index (χ0n) is 18.6. The van der Waals surface area contributed by atoms with Gasteiger partial charge in [0.05, 0.1) is 11.3 Å². The van der Waals surface area contributed by atoms with E-state index in [1.807, 2.05) is 19.9 Å². The number of esters is 1. The van der Waals surface area contributed by atoms with E-state index in [0.717, 1.165) is 21.6 Å². The van der Waals surface area contributed by atoms with Crippen molar-refractivity contribution in [1.82, 2.24) is 0 Å². The van der Waals surface area contributed by atoms with Crippen molar-refractivity contribution >= 4 is 52.4 Å². The Morgan fingerprint density at radius 2 is 1.59 bits per heavy atom. The molecule has 0 spiro atoms. The third-order valence-corrected chi connectivity index (χ3v) is 6.16. The van der Waals surface area contributed by atoms with E-state index in [-0.39, 0.29) is 10.7 Å².